The molecule has 0 bridgehead atoms. The van der Waals surface area contributed by atoms with Crippen LogP contribution in [-0.2, 0) is 23.9 Å². The number of esters is 1. The van der Waals surface area contributed by atoms with Crippen LogP contribution in [0.4, 0.5) is 0 Å². The molecule has 1 fully saturated rings. The lowest BCUT2D eigenvalue weighted by molar-refractivity contribution is -0.146. The second kappa shape index (κ2) is 9.75. The second-order valence-corrected chi connectivity index (χ2v) is 7.78. The van der Waals surface area contributed by atoms with Crippen LogP contribution >= 0.6 is 0 Å². The van der Waals surface area contributed by atoms with Crippen molar-refractivity contribution in [1.29, 1.82) is 0 Å². The van der Waals surface area contributed by atoms with Gasteiger partial charge in [0.1, 0.15) is 6.04 Å². The maximum Gasteiger partial charge on any atom is 0.328 e. The molecule has 2 amide bonds. The molecule has 7 heteroatoms. The van der Waals surface area contributed by atoms with E-state index in [2.05, 4.69) is 5.32 Å². The highest BCUT2D eigenvalue weighted by atomic mass is 16.5. The molecule has 1 saturated heterocycles. The fraction of sp³-hybridized carbons (Fsp3) is 0.833. The summed E-state index contributed by atoms with van der Waals surface area (Å²) in [5.41, 5.74) is -0.488. The van der Waals surface area contributed by atoms with Crippen LogP contribution in [0.2, 0.25) is 0 Å². The lowest BCUT2D eigenvalue weighted by Crippen LogP contribution is -2.45. The number of nitrogens with one attached hydrogen (secondary N) is 1. The zero-order valence-corrected chi connectivity index (χ0v) is 16.1. The molecular weight excluding hydrogens is 324 g/mol. The van der Waals surface area contributed by atoms with Crippen LogP contribution in [0.3, 0.4) is 0 Å². The Morgan fingerprint density at radius 3 is 2.28 bits per heavy atom. The molecule has 0 saturated carbocycles. The number of nitrogens with zero attached hydrogens (tertiary/aromatic N) is 1. The van der Waals surface area contributed by atoms with Crippen molar-refractivity contribution in [2.24, 2.45) is 11.3 Å². The standard InChI is InChI=1S/C18H32N2O5/c1-13(2)10-14(17(23)24-5)19-15(21)11-18(3,4)12-16(22)20-6-8-25-9-7-20/h13-14H,6-12H2,1-5H3,(H,19,21). The lowest BCUT2D eigenvalue weighted by atomic mass is 9.84. The van der Waals surface area contributed by atoms with Crippen LogP contribution in [0.15, 0.2) is 0 Å². The van der Waals surface area contributed by atoms with Gasteiger partial charge in [0.15, 0.2) is 0 Å². The van der Waals surface area contributed by atoms with Crippen LogP contribution in [0.5, 0.6) is 0 Å². The van der Waals surface area contributed by atoms with Gasteiger partial charge in [-0.05, 0) is 17.8 Å². The van der Waals surface area contributed by atoms with Gasteiger partial charge in [-0.1, -0.05) is 27.7 Å². The third-order valence-electron chi connectivity index (χ3n) is 4.16. The van der Waals surface area contributed by atoms with Crippen LogP contribution in [-0.4, -0.2) is 62.1 Å². The van der Waals surface area contributed by atoms with Crippen LogP contribution in [0, 0.1) is 11.3 Å². The number of hydrogen-bond donors (Lipinski definition) is 1. The van der Waals surface area contributed by atoms with Gasteiger partial charge >= 0.3 is 5.97 Å². The molecule has 0 aromatic rings. The molecule has 1 rings (SSSR count). The predicted octanol–water partition coefficient (Wildman–Crippen LogP) is 1.36. The average molecular weight is 356 g/mol. The van der Waals surface area contributed by atoms with Gasteiger partial charge in [0.05, 0.1) is 20.3 Å². The SMILES string of the molecule is COC(=O)C(CC(C)C)NC(=O)CC(C)(C)CC(=O)N1CCOCC1. The Hall–Kier alpha value is -1.63. The summed E-state index contributed by atoms with van der Waals surface area (Å²) < 4.78 is 10.0. The molecule has 0 spiro atoms. The van der Waals surface area contributed by atoms with E-state index in [0.717, 1.165) is 0 Å². The topological polar surface area (TPSA) is 84.9 Å². The van der Waals surface area contributed by atoms with E-state index in [4.69, 9.17) is 9.47 Å². The minimum absolute atomic E-state index is 0.0350. The molecule has 1 aliphatic rings. The monoisotopic (exact) mass is 356 g/mol. The van der Waals surface area contributed by atoms with Crippen molar-refractivity contribution in [3.63, 3.8) is 0 Å². The quantitative estimate of drug-likeness (QED) is 0.664. The van der Waals surface area contributed by atoms with E-state index in [-0.39, 0.29) is 30.6 Å². The average Bonchev–Trinajstić information content (AvgIpc) is 2.52. The molecule has 1 unspecified atom stereocenters. The van der Waals surface area contributed by atoms with Crippen molar-refractivity contribution in [1.82, 2.24) is 10.2 Å². The summed E-state index contributed by atoms with van der Waals surface area (Å²) >= 11 is 0. The van der Waals surface area contributed by atoms with E-state index < -0.39 is 17.4 Å². The number of ether oxygens (including phenoxy) is 2. The van der Waals surface area contributed by atoms with E-state index in [1.165, 1.54) is 7.11 Å². The Bertz CT molecular complexity index is 470. The summed E-state index contributed by atoms with van der Waals surface area (Å²) in [7, 11) is 1.31. The van der Waals surface area contributed by atoms with Gasteiger partial charge in [0, 0.05) is 25.9 Å². The first-order valence-corrected chi connectivity index (χ1v) is 8.87. The number of amides is 2. The Kier molecular flexibility index (Phi) is 8.35. The maximum absolute atomic E-state index is 12.4. The first-order valence-electron chi connectivity index (χ1n) is 8.87. The minimum Gasteiger partial charge on any atom is -0.467 e. The predicted molar refractivity (Wildman–Crippen MR) is 93.8 cm³/mol. The largest absolute Gasteiger partial charge is 0.467 e. The normalized spacial score (nSPS) is 16.5. The smallest absolute Gasteiger partial charge is 0.328 e. The molecule has 0 aromatic carbocycles. The maximum atomic E-state index is 12.4. The molecule has 1 aliphatic heterocycles. The zero-order valence-electron chi connectivity index (χ0n) is 16.1. The summed E-state index contributed by atoms with van der Waals surface area (Å²) in [5.74, 6) is -0.395. The molecule has 7 nitrogen and oxygen atoms in total. The van der Waals surface area contributed by atoms with E-state index in [1.54, 1.807) is 4.90 Å². The van der Waals surface area contributed by atoms with E-state index in [9.17, 15) is 14.4 Å². The first kappa shape index (κ1) is 21.4. The highest BCUT2D eigenvalue weighted by molar-refractivity contribution is 5.85. The molecule has 0 radical (unpaired) electrons. The van der Waals surface area contributed by atoms with Gasteiger partial charge in [-0.2, -0.15) is 0 Å². The molecule has 0 aromatic heterocycles. The molecule has 1 N–H and O–H groups in total. The highest BCUT2D eigenvalue weighted by Gasteiger charge is 2.30. The highest BCUT2D eigenvalue weighted by Crippen LogP contribution is 2.26. The number of carbonyl (C=O) groups excluding carboxylic acids is 3. The fourth-order valence-corrected chi connectivity index (χ4v) is 2.90. The van der Waals surface area contributed by atoms with Crippen molar-refractivity contribution in [3.8, 4) is 0 Å². The second-order valence-electron chi connectivity index (χ2n) is 7.78. The number of rotatable bonds is 8. The van der Waals surface area contributed by atoms with Gasteiger partial charge in [-0.15, -0.1) is 0 Å². The summed E-state index contributed by atoms with van der Waals surface area (Å²) in [4.78, 5) is 38.3. The Labute approximate surface area is 150 Å². The zero-order chi connectivity index (χ0) is 19.0. The summed E-state index contributed by atoms with van der Waals surface area (Å²) in [6.07, 6.45) is 0.980. The minimum atomic E-state index is -0.650. The van der Waals surface area contributed by atoms with Gasteiger partial charge in [0.25, 0.3) is 0 Å². The van der Waals surface area contributed by atoms with Crippen molar-refractivity contribution in [2.45, 2.75) is 53.0 Å². The number of methoxy groups -OCH3 is 1. The van der Waals surface area contributed by atoms with Crippen molar-refractivity contribution in [3.05, 3.63) is 0 Å². The molecule has 1 heterocycles. The van der Waals surface area contributed by atoms with Crippen molar-refractivity contribution in [2.75, 3.05) is 33.4 Å². The van der Waals surface area contributed by atoms with Crippen molar-refractivity contribution >= 4 is 17.8 Å². The fourth-order valence-electron chi connectivity index (χ4n) is 2.90. The number of carbonyl (C=O) groups is 3. The lowest BCUT2D eigenvalue weighted by Gasteiger charge is -2.31. The first-order chi connectivity index (χ1) is 11.6. The molecule has 25 heavy (non-hydrogen) atoms. The number of hydrogen-bond acceptors (Lipinski definition) is 5. The van der Waals surface area contributed by atoms with Gasteiger partial charge in [-0.25, -0.2) is 4.79 Å². The Balaban J connectivity index is 2.56. The number of morpholine rings is 1. The van der Waals surface area contributed by atoms with E-state index >= 15 is 0 Å². The van der Waals surface area contributed by atoms with Gasteiger partial charge in [0.2, 0.25) is 11.8 Å². The third kappa shape index (κ3) is 7.86. The Morgan fingerprint density at radius 2 is 1.76 bits per heavy atom. The van der Waals surface area contributed by atoms with Crippen molar-refractivity contribution < 1.29 is 23.9 Å². The summed E-state index contributed by atoms with van der Waals surface area (Å²) in [5, 5.41) is 2.75. The third-order valence-corrected chi connectivity index (χ3v) is 4.16. The molecular formula is C18H32N2O5. The van der Waals surface area contributed by atoms with Crippen LogP contribution in [0.25, 0.3) is 0 Å². The van der Waals surface area contributed by atoms with Gasteiger partial charge < -0.3 is 19.7 Å². The molecule has 144 valence electrons. The van der Waals surface area contributed by atoms with E-state index in [0.29, 0.717) is 32.7 Å². The summed E-state index contributed by atoms with van der Waals surface area (Å²) in [6, 6.07) is -0.650. The molecule has 1 atom stereocenters. The summed E-state index contributed by atoms with van der Waals surface area (Å²) in [6.45, 7) is 10.0. The van der Waals surface area contributed by atoms with Gasteiger partial charge in [-0.3, -0.25) is 9.59 Å². The molecule has 0 aliphatic carbocycles. The van der Waals surface area contributed by atoms with E-state index in [1.807, 2.05) is 27.7 Å². The van der Waals surface area contributed by atoms with Crippen LogP contribution in [0.1, 0.15) is 47.0 Å². The van der Waals surface area contributed by atoms with Crippen LogP contribution < -0.4 is 5.32 Å². The Morgan fingerprint density at radius 1 is 1.16 bits per heavy atom.